The van der Waals surface area contributed by atoms with E-state index in [-0.39, 0.29) is 0 Å². The van der Waals surface area contributed by atoms with Gasteiger partial charge in [0.25, 0.3) is 0 Å². The quantitative estimate of drug-likeness (QED) is 0.700. The fourth-order valence-corrected chi connectivity index (χ4v) is 2.31. The van der Waals surface area contributed by atoms with Crippen LogP contribution in [0.4, 0.5) is 17.2 Å². The third-order valence-corrected chi connectivity index (χ3v) is 3.35. The van der Waals surface area contributed by atoms with Crippen molar-refractivity contribution in [2.24, 2.45) is 0 Å². The number of nitrogens with one attached hydrogen (secondary N) is 1. The summed E-state index contributed by atoms with van der Waals surface area (Å²) in [5, 5.41) is 4.75. The third-order valence-electron chi connectivity index (χ3n) is 3.04. The van der Waals surface area contributed by atoms with Crippen molar-refractivity contribution in [1.82, 2.24) is 9.97 Å². The van der Waals surface area contributed by atoms with Crippen LogP contribution in [0.15, 0.2) is 42.7 Å². The molecule has 0 unspecified atom stereocenters. The van der Waals surface area contributed by atoms with Gasteiger partial charge in [-0.25, -0.2) is 9.97 Å². The number of hydrogen-bond acceptors (Lipinski definition) is 4. The summed E-state index contributed by atoms with van der Waals surface area (Å²) in [5.74, 6) is 0.688. The summed E-state index contributed by atoms with van der Waals surface area (Å²) in [4.78, 5) is 8.49. The molecule has 3 rings (SSSR count). The number of aryl methyl sites for hydroxylation is 1. The van der Waals surface area contributed by atoms with Gasteiger partial charge >= 0.3 is 0 Å². The van der Waals surface area contributed by atoms with Gasteiger partial charge in [0, 0.05) is 11.1 Å². The van der Waals surface area contributed by atoms with Gasteiger partial charge < -0.3 is 11.1 Å². The largest absolute Gasteiger partial charge is 0.399 e. The molecular weight excluding hydrogens is 272 g/mol. The SMILES string of the molecule is Cc1ccc(Nc2ncnc3ccc(N)cc23)c(Cl)c1. The van der Waals surface area contributed by atoms with E-state index in [9.17, 15) is 0 Å². The maximum absolute atomic E-state index is 6.23. The van der Waals surface area contributed by atoms with Crippen LogP contribution in [0.3, 0.4) is 0 Å². The van der Waals surface area contributed by atoms with Crippen molar-refractivity contribution in [2.75, 3.05) is 11.1 Å². The average Bonchev–Trinajstić information content (AvgIpc) is 2.42. The number of benzene rings is 2. The second-order valence-electron chi connectivity index (χ2n) is 4.61. The molecule has 0 aliphatic heterocycles. The molecule has 3 N–H and O–H groups in total. The molecule has 0 amide bonds. The monoisotopic (exact) mass is 284 g/mol. The molecule has 0 saturated heterocycles. The number of nitrogen functional groups attached to an aromatic ring is 1. The highest BCUT2D eigenvalue weighted by molar-refractivity contribution is 6.33. The first-order valence-corrected chi connectivity index (χ1v) is 6.55. The Morgan fingerprint density at radius 2 is 1.95 bits per heavy atom. The highest BCUT2D eigenvalue weighted by Crippen LogP contribution is 2.29. The normalized spacial score (nSPS) is 10.7. The Morgan fingerprint density at radius 3 is 2.75 bits per heavy atom. The summed E-state index contributed by atoms with van der Waals surface area (Å²) in [6.07, 6.45) is 1.52. The van der Waals surface area contributed by atoms with Gasteiger partial charge in [-0.15, -0.1) is 0 Å². The van der Waals surface area contributed by atoms with Crippen molar-refractivity contribution in [2.45, 2.75) is 6.92 Å². The average molecular weight is 285 g/mol. The molecule has 0 saturated carbocycles. The van der Waals surface area contributed by atoms with E-state index in [0.29, 0.717) is 16.5 Å². The third kappa shape index (κ3) is 2.38. The minimum atomic E-state index is 0.653. The van der Waals surface area contributed by atoms with Crippen LogP contribution in [-0.2, 0) is 0 Å². The Balaban J connectivity index is 2.08. The summed E-state index contributed by atoms with van der Waals surface area (Å²) >= 11 is 6.23. The highest BCUT2D eigenvalue weighted by atomic mass is 35.5. The number of aromatic nitrogens is 2. The second kappa shape index (κ2) is 4.98. The van der Waals surface area contributed by atoms with Crippen LogP contribution < -0.4 is 11.1 Å². The number of fused-ring (bicyclic) bond motifs is 1. The minimum absolute atomic E-state index is 0.653. The Morgan fingerprint density at radius 1 is 1.10 bits per heavy atom. The van der Waals surface area contributed by atoms with Crippen LogP contribution in [0.5, 0.6) is 0 Å². The number of nitrogens with zero attached hydrogens (tertiary/aromatic N) is 2. The Bertz CT molecular complexity index is 786. The second-order valence-corrected chi connectivity index (χ2v) is 5.01. The lowest BCUT2D eigenvalue weighted by molar-refractivity contribution is 1.22. The molecule has 4 nitrogen and oxygen atoms in total. The number of anilines is 3. The van der Waals surface area contributed by atoms with Crippen LogP contribution >= 0.6 is 11.6 Å². The molecule has 20 heavy (non-hydrogen) atoms. The summed E-state index contributed by atoms with van der Waals surface area (Å²) in [5.41, 5.74) is 9.25. The molecule has 0 aliphatic carbocycles. The fraction of sp³-hybridized carbons (Fsp3) is 0.0667. The van der Waals surface area contributed by atoms with Crippen molar-refractivity contribution in [3.63, 3.8) is 0 Å². The smallest absolute Gasteiger partial charge is 0.141 e. The molecule has 3 aromatic rings. The van der Waals surface area contributed by atoms with Gasteiger partial charge in [-0.1, -0.05) is 17.7 Å². The zero-order valence-corrected chi connectivity index (χ0v) is 11.6. The maximum atomic E-state index is 6.23. The first-order chi connectivity index (χ1) is 9.63. The molecule has 1 aromatic heterocycles. The number of hydrogen-bond donors (Lipinski definition) is 2. The van der Waals surface area contributed by atoms with Crippen LogP contribution in [0.2, 0.25) is 5.02 Å². The molecule has 0 spiro atoms. The van der Waals surface area contributed by atoms with E-state index in [1.807, 2.05) is 43.3 Å². The lowest BCUT2D eigenvalue weighted by Gasteiger charge is -2.10. The first-order valence-electron chi connectivity index (χ1n) is 6.17. The molecular formula is C15H13ClN4. The van der Waals surface area contributed by atoms with E-state index in [4.69, 9.17) is 17.3 Å². The molecule has 0 fully saturated rings. The molecule has 1 heterocycles. The van der Waals surface area contributed by atoms with Gasteiger partial charge in [-0.2, -0.15) is 0 Å². The van der Waals surface area contributed by atoms with Gasteiger partial charge in [0.05, 0.1) is 16.2 Å². The van der Waals surface area contributed by atoms with Crippen LogP contribution in [0.25, 0.3) is 10.9 Å². The molecule has 0 aliphatic rings. The molecule has 5 heteroatoms. The predicted octanol–water partition coefficient (Wildman–Crippen LogP) is 3.92. The van der Waals surface area contributed by atoms with Crippen molar-refractivity contribution < 1.29 is 0 Å². The molecule has 0 atom stereocenters. The number of rotatable bonds is 2. The van der Waals surface area contributed by atoms with Crippen molar-refractivity contribution in [1.29, 1.82) is 0 Å². The summed E-state index contributed by atoms with van der Waals surface area (Å²) in [6.45, 7) is 2.00. The Kier molecular flexibility index (Phi) is 3.16. The maximum Gasteiger partial charge on any atom is 0.141 e. The highest BCUT2D eigenvalue weighted by Gasteiger charge is 2.07. The van der Waals surface area contributed by atoms with Gasteiger partial charge in [-0.3, -0.25) is 0 Å². The van der Waals surface area contributed by atoms with E-state index in [0.717, 1.165) is 22.2 Å². The Hall–Kier alpha value is -2.33. The molecule has 2 aromatic carbocycles. The van der Waals surface area contributed by atoms with Crippen LogP contribution in [-0.4, -0.2) is 9.97 Å². The lowest BCUT2D eigenvalue weighted by Crippen LogP contribution is -1.97. The van der Waals surface area contributed by atoms with E-state index in [1.54, 1.807) is 0 Å². The zero-order valence-electron chi connectivity index (χ0n) is 10.9. The van der Waals surface area contributed by atoms with E-state index in [1.165, 1.54) is 6.33 Å². The van der Waals surface area contributed by atoms with Crippen molar-refractivity contribution in [3.8, 4) is 0 Å². The molecule has 0 bridgehead atoms. The van der Waals surface area contributed by atoms with E-state index >= 15 is 0 Å². The fourth-order valence-electron chi connectivity index (χ4n) is 2.02. The summed E-state index contributed by atoms with van der Waals surface area (Å²) in [7, 11) is 0. The van der Waals surface area contributed by atoms with Crippen LogP contribution in [0, 0.1) is 6.92 Å². The van der Waals surface area contributed by atoms with Crippen LogP contribution in [0.1, 0.15) is 5.56 Å². The minimum Gasteiger partial charge on any atom is -0.399 e. The number of nitrogens with two attached hydrogens (primary N) is 1. The van der Waals surface area contributed by atoms with Gasteiger partial charge in [0.1, 0.15) is 12.1 Å². The standard InChI is InChI=1S/C15H13ClN4/c1-9-2-4-14(12(16)6-9)20-15-11-7-10(17)3-5-13(11)18-8-19-15/h2-8H,17H2,1H3,(H,18,19,20). The van der Waals surface area contributed by atoms with Crippen molar-refractivity contribution >= 4 is 39.7 Å². The van der Waals surface area contributed by atoms with Gasteiger partial charge in [0.15, 0.2) is 0 Å². The molecule has 100 valence electrons. The van der Waals surface area contributed by atoms with Crippen molar-refractivity contribution in [3.05, 3.63) is 53.3 Å². The van der Waals surface area contributed by atoms with E-state index < -0.39 is 0 Å². The molecule has 0 radical (unpaired) electrons. The lowest BCUT2D eigenvalue weighted by atomic mass is 10.2. The van der Waals surface area contributed by atoms with Gasteiger partial charge in [0.2, 0.25) is 0 Å². The topological polar surface area (TPSA) is 63.8 Å². The van der Waals surface area contributed by atoms with Gasteiger partial charge in [-0.05, 0) is 42.8 Å². The Labute approximate surface area is 121 Å². The number of halogens is 1. The zero-order chi connectivity index (χ0) is 14.1. The summed E-state index contributed by atoms with van der Waals surface area (Å²) in [6, 6.07) is 11.4. The predicted molar refractivity (Wildman–Crippen MR) is 83.4 cm³/mol. The first kappa shape index (κ1) is 12.7. The van der Waals surface area contributed by atoms with E-state index in [2.05, 4.69) is 15.3 Å². The summed E-state index contributed by atoms with van der Waals surface area (Å²) < 4.78 is 0.